The van der Waals surface area contributed by atoms with Crippen LogP contribution >= 0.6 is 11.6 Å². The first-order valence-electron chi connectivity index (χ1n) is 7.19. The summed E-state index contributed by atoms with van der Waals surface area (Å²) in [6, 6.07) is 4.29. The molecule has 1 aliphatic carbocycles. The van der Waals surface area contributed by atoms with Crippen LogP contribution in [-0.2, 0) is 9.47 Å². The van der Waals surface area contributed by atoms with E-state index in [-0.39, 0.29) is 16.7 Å². The Hall–Kier alpha value is -0.980. The number of alkyl halides is 3. The van der Waals surface area contributed by atoms with Gasteiger partial charge < -0.3 is 14.2 Å². The van der Waals surface area contributed by atoms with Crippen LogP contribution in [0.4, 0.5) is 13.2 Å². The SMILES string of the molecule is FC(F)(F)Oc1cc(Cl)cc(C2CCC3(CC2)OCCO3)c1. The van der Waals surface area contributed by atoms with Crippen molar-refractivity contribution < 1.29 is 27.4 Å². The van der Waals surface area contributed by atoms with Gasteiger partial charge in [0.05, 0.1) is 13.2 Å². The zero-order valence-corrected chi connectivity index (χ0v) is 12.5. The van der Waals surface area contributed by atoms with Crippen LogP contribution in [0.25, 0.3) is 0 Å². The Kier molecular flexibility index (Phi) is 4.27. The van der Waals surface area contributed by atoms with E-state index in [9.17, 15) is 13.2 Å². The fraction of sp³-hybridized carbons (Fsp3) is 0.600. The Morgan fingerprint density at radius 3 is 2.32 bits per heavy atom. The molecule has 3 rings (SSSR count). The summed E-state index contributed by atoms with van der Waals surface area (Å²) in [5.41, 5.74) is 0.764. The molecule has 1 saturated heterocycles. The predicted molar refractivity (Wildman–Crippen MR) is 74.0 cm³/mol. The first-order valence-corrected chi connectivity index (χ1v) is 7.57. The minimum absolute atomic E-state index is 0.132. The van der Waals surface area contributed by atoms with Crippen molar-refractivity contribution in [3.63, 3.8) is 0 Å². The zero-order chi connectivity index (χ0) is 15.8. The van der Waals surface area contributed by atoms with Gasteiger partial charge in [-0.2, -0.15) is 0 Å². The molecule has 0 bridgehead atoms. The number of hydrogen-bond acceptors (Lipinski definition) is 3. The average molecular weight is 337 g/mol. The van der Waals surface area contributed by atoms with E-state index in [0.717, 1.165) is 31.2 Å². The third-order valence-corrected chi connectivity index (χ3v) is 4.38. The summed E-state index contributed by atoms with van der Waals surface area (Å²) in [5, 5.41) is 0.241. The topological polar surface area (TPSA) is 27.7 Å². The van der Waals surface area contributed by atoms with Crippen LogP contribution in [-0.4, -0.2) is 25.4 Å². The van der Waals surface area contributed by atoms with E-state index in [0.29, 0.717) is 13.2 Å². The number of hydrogen-bond donors (Lipinski definition) is 0. The standard InChI is InChI=1S/C15H16ClF3O3/c16-12-7-11(8-13(9-12)22-15(17,18)19)10-1-3-14(4-2-10)20-5-6-21-14/h7-10H,1-6H2. The Labute approximate surface area is 131 Å². The normalized spacial score (nSPS) is 22.2. The monoisotopic (exact) mass is 336 g/mol. The minimum Gasteiger partial charge on any atom is -0.406 e. The molecule has 0 unspecified atom stereocenters. The molecule has 3 nitrogen and oxygen atoms in total. The third-order valence-electron chi connectivity index (χ3n) is 4.16. The Morgan fingerprint density at radius 2 is 1.73 bits per heavy atom. The second kappa shape index (κ2) is 5.91. The molecular formula is C15H16ClF3O3. The van der Waals surface area contributed by atoms with Crippen molar-refractivity contribution in [2.24, 2.45) is 0 Å². The first-order chi connectivity index (χ1) is 10.4. The lowest BCUT2D eigenvalue weighted by molar-refractivity contribution is -0.274. The van der Waals surface area contributed by atoms with E-state index in [2.05, 4.69) is 4.74 Å². The lowest BCUT2D eigenvalue weighted by atomic mass is 9.81. The number of halogens is 4. The average Bonchev–Trinajstić information content (AvgIpc) is 2.85. The number of ether oxygens (including phenoxy) is 3. The largest absolute Gasteiger partial charge is 0.573 e. The fourth-order valence-electron chi connectivity index (χ4n) is 3.19. The highest BCUT2D eigenvalue weighted by Gasteiger charge is 2.40. The van der Waals surface area contributed by atoms with Crippen LogP contribution in [0.1, 0.15) is 37.2 Å². The van der Waals surface area contributed by atoms with E-state index in [1.807, 2.05) is 0 Å². The van der Waals surface area contributed by atoms with E-state index in [1.165, 1.54) is 12.1 Å². The maximum atomic E-state index is 12.3. The van der Waals surface area contributed by atoms with Crippen LogP contribution in [0.5, 0.6) is 5.75 Å². The van der Waals surface area contributed by atoms with Crippen molar-refractivity contribution in [3.8, 4) is 5.75 Å². The molecule has 22 heavy (non-hydrogen) atoms. The molecule has 2 fully saturated rings. The number of benzene rings is 1. The summed E-state index contributed by atoms with van der Waals surface area (Å²) in [5.74, 6) is -0.628. The summed E-state index contributed by atoms with van der Waals surface area (Å²) in [6.07, 6.45) is -1.68. The van der Waals surface area contributed by atoms with Crippen molar-refractivity contribution in [3.05, 3.63) is 28.8 Å². The van der Waals surface area contributed by atoms with Gasteiger partial charge in [0.2, 0.25) is 0 Å². The van der Waals surface area contributed by atoms with Gasteiger partial charge in [-0.15, -0.1) is 13.2 Å². The lowest BCUT2D eigenvalue weighted by Gasteiger charge is -2.35. The molecule has 122 valence electrons. The van der Waals surface area contributed by atoms with Crippen molar-refractivity contribution >= 4 is 11.6 Å². The molecule has 2 aliphatic rings. The quantitative estimate of drug-likeness (QED) is 0.787. The Bertz CT molecular complexity index is 531. The van der Waals surface area contributed by atoms with Gasteiger partial charge in [-0.3, -0.25) is 0 Å². The molecule has 1 aliphatic heterocycles. The van der Waals surface area contributed by atoms with E-state index in [1.54, 1.807) is 6.07 Å². The smallest absolute Gasteiger partial charge is 0.406 e. The molecule has 1 aromatic carbocycles. The van der Waals surface area contributed by atoms with Gasteiger partial charge in [0.15, 0.2) is 5.79 Å². The summed E-state index contributed by atoms with van der Waals surface area (Å²) in [4.78, 5) is 0. The van der Waals surface area contributed by atoms with Gasteiger partial charge in [0, 0.05) is 17.9 Å². The molecule has 1 saturated carbocycles. The van der Waals surface area contributed by atoms with Crippen LogP contribution in [0.15, 0.2) is 18.2 Å². The molecule has 7 heteroatoms. The van der Waals surface area contributed by atoms with Gasteiger partial charge in [-0.05, 0) is 42.5 Å². The maximum absolute atomic E-state index is 12.3. The van der Waals surface area contributed by atoms with Gasteiger partial charge in [-0.25, -0.2) is 0 Å². The van der Waals surface area contributed by atoms with Crippen molar-refractivity contribution in [2.75, 3.05) is 13.2 Å². The third kappa shape index (κ3) is 3.67. The minimum atomic E-state index is -4.72. The fourth-order valence-corrected chi connectivity index (χ4v) is 3.42. The zero-order valence-electron chi connectivity index (χ0n) is 11.8. The van der Waals surface area contributed by atoms with Crippen molar-refractivity contribution in [1.82, 2.24) is 0 Å². The lowest BCUT2D eigenvalue weighted by Crippen LogP contribution is -2.34. The van der Waals surface area contributed by atoms with Crippen molar-refractivity contribution in [1.29, 1.82) is 0 Å². The van der Waals surface area contributed by atoms with E-state index in [4.69, 9.17) is 21.1 Å². The second-order valence-electron chi connectivity index (χ2n) is 5.65. The molecule has 0 amide bonds. The Morgan fingerprint density at radius 1 is 1.09 bits per heavy atom. The van der Waals surface area contributed by atoms with Gasteiger partial charge in [-0.1, -0.05) is 11.6 Å². The molecule has 1 spiro atoms. The van der Waals surface area contributed by atoms with Crippen molar-refractivity contribution in [2.45, 2.75) is 43.8 Å². The van der Waals surface area contributed by atoms with Crippen LogP contribution in [0.3, 0.4) is 0 Å². The number of rotatable bonds is 2. The molecule has 0 radical (unpaired) electrons. The van der Waals surface area contributed by atoms with Crippen LogP contribution in [0.2, 0.25) is 5.02 Å². The van der Waals surface area contributed by atoms with E-state index >= 15 is 0 Å². The highest BCUT2D eigenvalue weighted by molar-refractivity contribution is 6.30. The first kappa shape index (κ1) is 15.9. The summed E-state index contributed by atoms with van der Waals surface area (Å²) >= 11 is 5.92. The predicted octanol–water partition coefficient (Wildman–Crippen LogP) is 4.64. The molecule has 1 heterocycles. The molecule has 0 N–H and O–H groups in total. The van der Waals surface area contributed by atoms with Crippen LogP contribution in [0, 0.1) is 0 Å². The molecule has 0 aromatic heterocycles. The highest BCUT2D eigenvalue weighted by atomic mass is 35.5. The summed E-state index contributed by atoms with van der Waals surface area (Å²) in [7, 11) is 0. The molecule has 1 aromatic rings. The molecular weight excluding hydrogens is 321 g/mol. The Balaban J connectivity index is 1.72. The van der Waals surface area contributed by atoms with Crippen LogP contribution < -0.4 is 4.74 Å². The van der Waals surface area contributed by atoms with Gasteiger partial charge in [0.1, 0.15) is 5.75 Å². The summed E-state index contributed by atoms with van der Waals surface area (Å²) in [6.45, 7) is 1.21. The summed E-state index contributed by atoms with van der Waals surface area (Å²) < 4.78 is 52.3. The van der Waals surface area contributed by atoms with Gasteiger partial charge >= 0.3 is 6.36 Å². The van der Waals surface area contributed by atoms with E-state index < -0.39 is 12.1 Å². The van der Waals surface area contributed by atoms with Gasteiger partial charge in [0.25, 0.3) is 0 Å². The molecule has 0 atom stereocenters. The highest BCUT2D eigenvalue weighted by Crippen LogP contribution is 2.43. The maximum Gasteiger partial charge on any atom is 0.573 e. The second-order valence-corrected chi connectivity index (χ2v) is 6.09.